The molecule has 1 atom stereocenters. The molecule has 3 rings (SSSR count). The van der Waals surface area contributed by atoms with E-state index in [2.05, 4.69) is 5.32 Å². The van der Waals surface area contributed by atoms with Gasteiger partial charge in [0.25, 0.3) is 0 Å². The average Bonchev–Trinajstić information content (AvgIpc) is 2.94. The topological polar surface area (TPSA) is 66.5 Å². The minimum Gasteiger partial charge on any atom is -0.376 e. The minimum atomic E-state index is -3.12. The molecule has 1 N–H and O–H groups in total. The monoisotopic (exact) mass is 362 g/mol. The lowest BCUT2D eigenvalue weighted by atomic mass is 10.1. The summed E-state index contributed by atoms with van der Waals surface area (Å²) < 4.78 is 36.9. The number of carbonyl (C=O) groups is 1. The molecule has 0 bridgehead atoms. The second kappa shape index (κ2) is 7.23. The van der Waals surface area contributed by atoms with Crippen LogP contribution in [0.4, 0.5) is 15.8 Å². The van der Waals surface area contributed by atoms with E-state index in [1.807, 2.05) is 6.07 Å². The van der Waals surface area contributed by atoms with E-state index in [9.17, 15) is 17.6 Å². The molecule has 25 heavy (non-hydrogen) atoms. The summed E-state index contributed by atoms with van der Waals surface area (Å²) in [6, 6.07) is 14.5. The lowest BCUT2D eigenvalue weighted by Crippen LogP contribution is -2.44. The molecular formula is C18H19FN2O3S. The number of anilines is 2. The van der Waals surface area contributed by atoms with Crippen molar-refractivity contribution in [2.75, 3.05) is 28.3 Å². The third-order valence-electron chi connectivity index (χ3n) is 4.14. The van der Waals surface area contributed by atoms with Gasteiger partial charge in [0.15, 0.2) is 9.84 Å². The first-order valence-corrected chi connectivity index (χ1v) is 9.84. The molecule has 0 spiro atoms. The Balaban J connectivity index is 1.78. The SMILES string of the molecule is O=C(CNc1cccc(F)c1)N(c1ccccc1)[C@@H]1CCS(=O)(=O)C1. The van der Waals surface area contributed by atoms with Crippen molar-refractivity contribution in [3.8, 4) is 0 Å². The average molecular weight is 362 g/mol. The fourth-order valence-corrected chi connectivity index (χ4v) is 4.69. The van der Waals surface area contributed by atoms with Crippen LogP contribution in [0, 0.1) is 5.82 Å². The molecule has 2 aromatic rings. The molecule has 1 amide bonds. The zero-order valence-corrected chi connectivity index (χ0v) is 14.4. The maximum Gasteiger partial charge on any atom is 0.246 e. The van der Waals surface area contributed by atoms with Crippen LogP contribution >= 0.6 is 0 Å². The number of nitrogens with one attached hydrogen (secondary N) is 1. The van der Waals surface area contributed by atoms with E-state index in [1.54, 1.807) is 36.4 Å². The van der Waals surface area contributed by atoms with Crippen molar-refractivity contribution in [2.45, 2.75) is 12.5 Å². The second-order valence-corrected chi connectivity index (χ2v) is 8.25. The van der Waals surface area contributed by atoms with Gasteiger partial charge in [0.05, 0.1) is 24.1 Å². The quantitative estimate of drug-likeness (QED) is 0.887. The molecule has 1 aliphatic rings. The van der Waals surface area contributed by atoms with Gasteiger partial charge in [-0.15, -0.1) is 0 Å². The second-order valence-electron chi connectivity index (χ2n) is 6.02. The van der Waals surface area contributed by atoms with Gasteiger partial charge in [0.2, 0.25) is 5.91 Å². The highest BCUT2D eigenvalue weighted by atomic mass is 32.2. The normalized spacial score (nSPS) is 18.7. The van der Waals surface area contributed by atoms with Gasteiger partial charge in [-0.25, -0.2) is 12.8 Å². The van der Waals surface area contributed by atoms with Gasteiger partial charge in [-0.3, -0.25) is 4.79 Å². The molecule has 0 aliphatic carbocycles. The van der Waals surface area contributed by atoms with Crippen LogP contribution < -0.4 is 10.2 Å². The minimum absolute atomic E-state index is 0.0341. The first-order chi connectivity index (χ1) is 11.9. The van der Waals surface area contributed by atoms with Crippen LogP contribution in [0.3, 0.4) is 0 Å². The molecule has 132 valence electrons. The van der Waals surface area contributed by atoms with Crippen molar-refractivity contribution in [2.24, 2.45) is 0 Å². The van der Waals surface area contributed by atoms with Crippen molar-refractivity contribution in [1.82, 2.24) is 0 Å². The van der Waals surface area contributed by atoms with E-state index in [0.29, 0.717) is 17.8 Å². The molecule has 2 aromatic carbocycles. The number of hydrogen-bond donors (Lipinski definition) is 1. The zero-order valence-electron chi connectivity index (χ0n) is 13.6. The summed E-state index contributed by atoms with van der Waals surface area (Å²) >= 11 is 0. The Morgan fingerprint density at radius 2 is 1.92 bits per heavy atom. The van der Waals surface area contributed by atoms with Crippen molar-refractivity contribution in [1.29, 1.82) is 0 Å². The summed E-state index contributed by atoms with van der Waals surface area (Å²) in [7, 11) is -3.12. The Morgan fingerprint density at radius 1 is 1.16 bits per heavy atom. The molecule has 1 fully saturated rings. The molecule has 1 heterocycles. The summed E-state index contributed by atoms with van der Waals surface area (Å²) in [5, 5.41) is 2.90. The predicted octanol–water partition coefficient (Wildman–Crippen LogP) is 2.46. The van der Waals surface area contributed by atoms with E-state index < -0.39 is 9.84 Å². The van der Waals surface area contributed by atoms with Crippen LogP contribution in [0.5, 0.6) is 0 Å². The first kappa shape index (κ1) is 17.4. The van der Waals surface area contributed by atoms with Gasteiger partial charge in [0.1, 0.15) is 5.82 Å². The smallest absolute Gasteiger partial charge is 0.246 e. The summed E-state index contributed by atoms with van der Waals surface area (Å²) in [4.78, 5) is 14.3. The summed E-state index contributed by atoms with van der Waals surface area (Å²) in [6.07, 6.45) is 0.420. The summed E-state index contributed by atoms with van der Waals surface area (Å²) in [6.45, 7) is -0.0467. The number of para-hydroxylation sites is 1. The van der Waals surface area contributed by atoms with Crippen molar-refractivity contribution >= 4 is 27.1 Å². The molecule has 0 unspecified atom stereocenters. The lowest BCUT2D eigenvalue weighted by Gasteiger charge is -2.28. The van der Waals surface area contributed by atoms with E-state index >= 15 is 0 Å². The Bertz CT molecular complexity index is 856. The lowest BCUT2D eigenvalue weighted by molar-refractivity contribution is -0.117. The highest BCUT2D eigenvalue weighted by Gasteiger charge is 2.35. The predicted molar refractivity (Wildman–Crippen MR) is 95.9 cm³/mol. The molecule has 0 radical (unpaired) electrons. The van der Waals surface area contributed by atoms with Crippen LogP contribution in [0.2, 0.25) is 0 Å². The molecule has 1 aliphatic heterocycles. The van der Waals surface area contributed by atoms with Gasteiger partial charge in [-0.1, -0.05) is 24.3 Å². The molecule has 0 saturated carbocycles. The molecule has 1 saturated heterocycles. The van der Waals surface area contributed by atoms with Crippen LogP contribution in [0.1, 0.15) is 6.42 Å². The molecular weight excluding hydrogens is 343 g/mol. The zero-order chi connectivity index (χ0) is 17.9. The third kappa shape index (κ3) is 4.36. The number of nitrogens with zero attached hydrogens (tertiary/aromatic N) is 1. The van der Waals surface area contributed by atoms with E-state index in [-0.39, 0.29) is 35.8 Å². The van der Waals surface area contributed by atoms with Crippen LogP contribution in [0.15, 0.2) is 54.6 Å². The Hall–Kier alpha value is -2.41. The van der Waals surface area contributed by atoms with Crippen LogP contribution in [0.25, 0.3) is 0 Å². The number of halogens is 1. The van der Waals surface area contributed by atoms with Crippen molar-refractivity contribution in [3.63, 3.8) is 0 Å². The summed E-state index contributed by atoms with van der Waals surface area (Å²) in [5.74, 6) is -0.587. The van der Waals surface area contributed by atoms with Crippen molar-refractivity contribution < 1.29 is 17.6 Å². The number of benzene rings is 2. The molecule has 7 heteroatoms. The first-order valence-electron chi connectivity index (χ1n) is 8.01. The van der Waals surface area contributed by atoms with E-state index in [1.165, 1.54) is 17.0 Å². The standard InChI is InChI=1S/C18H19FN2O3S/c19-14-5-4-6-15(11-14)20-12-18(22)21(16-7-2-1-3-8-16)17-9-10-25(23,24)13-17/h1-8,11,17,20H,9-10,12-13H2/t17-/m1/s1. The third-order valence-corrected chi connectivity index (χ3v) is 5.90. The van der Waals surface area contributed by atoms with Crippen LogP contribution in [-0.2, 0) is 14.6 Å². The number of rotatable bonds is 5. The molecule has 0 aromatic heterocycles. The number of hydrogen-bond acceptors (Lipinski definition) is 4. The fourth-order valence-electron chi connectivity index (χ4n) is 2.99. The maximum absolute atomic E-state index is 13.2. The summed E-state index contributed by atoms with van der Waals surface area (Å²) in [5.41, 5.74) is 1.16. The van der Waals surface area contributed by atoms with Gasteiger partial charge in [-0.05, 0) is 36.8 Å². The van der Waals surface area contributed by atoms with Gasteiger partial charge in [-0.2, -0.15) is 0 Å². The van der Waals surface area contributed by atoms with E-state index in [0.717, 1.165) is 0 Å². The van der Waals surface area contributed by atoms with Gasteiger partial charge >= 0.3 is 0 Å². The number of sulfone groups is 1. The van der Waals surface area contributed by atoms with Gasteiger partial charge < -0.3 is 10.2 Å². The fraction of sp³-hybridized carbons (Fsp3) is 0.278. The van der Waals surface area contributed by atoms with E-state index in [4.69, 9.17) is 0 Å². The Morgan fingerprint density at radius 3 is 2.56 bits per heavy atom. The van der Waals surface area contributed by atoms with Crippen molar-refractivity contribution in [3.05, 3.63) is 60.4 Å². The largest absolute Gasteiger partial charge is 0.376 e. The maximum atomic E-state index is 13.2. The van der Waals surface area contributed by atoms with Crippen LogP contribution in [-0.4, -0.2) is 38.4 Å². The Kier molecular flexibility index (Phi) is 5.03. The van der Waals surface area contributed by atoms with Gasteiger partial charge in [0, 0.05) is 11.4 Å². The number of carbonyl (C=O) groups excluding carboxylic acids is 1. The number of amides is 1. The highest BCUT2D eigenvalue weighted by Crippen LogP contribution is 2.24. The highest BCUT2D eigenvalue weighted by molar-refractivity contribution is 7.91. The molecule has 5 nitrogen and oxygen atoms in total. The Labute approximate surface area is 146 Å².